The van der Waals surface area contributed by atoms with Crippen LogP contribution in [0.5, 0.6) is 5.75 Å². The normalized spacial score (nSPS) is 11.9. The van der Waals surface area contributed by atoms with Gasteiger partial charge in [0.1, 0.15) is 11.9 Å². The summed E-state index contributed by atoms with van der Waals surface area (Å²) in [5.41, 5.74) is 0.891. The summed E-state index contributed by atoms with van der Waals surface area (Å²) in [5.74, 6) is 0.544. The molecule has 0 aliphatic rings. The quantitative estimate of drug-likeness (QED) is 0.714. The lowest BCUT2D eigenvalue weighted by atomic mass is 10.1. The second-order valence-corrected chi connectivity index (χ2v) is 3.23. The smallest absolute Gasteiger partial charge is 0.306 e. The Labute approximate surface area is 90.0 Å². The molecule has 1 aromatic rings. The molecule has 15 heavy (non-hydrogen) atoms. The summed E-state index contributed by atoms with van der Waals surface area (Å²) in [6.45, 7) is 3.61. The maximum atomic E-state index is 11.1. The highest BCUT2D eigenvalue weighted by Crippen LogP contribution is 2.26. The average molecular weight is 208 g/mol. The summed E-state index contributed by atoms with van der Waals surface area (Å²) in [6, 6.07) is 7.53. The van der Waals surface area contributed by atoms with Crippen LogP contribution in [0.4, 0.5) is 0 Å². The number of methoxy groups -OCH3 is 1. The molecule has 1 aromatic carbocycles. The standard InChI is InChI=1S/C12H16O3/c1-4-12(13)15-9(2)10-7-5-6-8-11(10)14-3/h5-9H,4H2,1-3H3/t9-/m0/s1. The van der Waals surface area contributed by atoms with Crippen LogP contribution < -0.4 is 4.74 Å². The van der Waals surface area contributed by atoms with Gasteiger partial charge in [0.2, 0.25) is 0 Å². The molecule has 1 rings (SSSR count). The van der Waals surface area contributed by atoms with Crippen molar-refractivity contribution in [3.05, 3.63) is 29.8 Å². The van der Waals surface area contributed by atoms with Crippen molar-refractivity contribution in [2.24, 2.45) is 0 Å². The van der Waals surface area contributed by atoms with Crippen LogP contribution in [0.2, 0.25) is 0 Å². The third-order valence-corrected chi connectivity index (χ3v) is 2.17. The maximum Gasteiger partial charge on any atom is 0.306 e. The zero-order valence-electron chi connectivity index (χ0n) is 9.32. The minimum atomic E-state index is -0.270. The molecule has 0 aliphatic carbocycles. The lowest BCUT2D eigenvalue weighted by molar-refractivity contribution is -0.148. The first-order valence-corrected chi connectivity index (χ1v) is 5.01. The fourth-order valence-electron chi connectivity index (χ4n) is 1.35. The van der Waals surface area contributed by atoms with E-state index in [4.69, 9.17) is 9.47 Å². The first-order valence-electron chi connectivity index (χ1n) is 5.01. The van der Waals surface area contributed by atoms with Gasteiger partial charge in [-0.25, -0.2) is 0 Å². The van der Waals surface area contributed by atoms with Gasteiger partial charge in [-0.3, -0.25) is 4.79 Å². The van der Waals surface area contributed by atoms with Crippen LogP contribution in [0.15, 0.2) is 24.3 Å². The molecule has 0 aromatic heterocycles. The van der Waals surface area contributed by atoms with E-state index in [1.165, 1.54) is 0 Å². The van der Waals surface area contributed by atoms with E-state index in [-0.39, 0.29) is 12.1 Å². The van der Waals surface area contributed by atoms with E-state index in [0.29, 0.717) is 6.42 Å². The Morgan fingerprint density at radius 2 is 2.07 bits per heavy atom. The molecular formula is C12H16O3. The number of hydrogen-bond acceptors (Lipinski definition) is 3. The number of ether oxygens (including phenoxy) is 2. The molecule has 0 saturated heterocycles. The van der Waals surface area contributed by atoms with E-state index in [9.17, 15) is 4.79 Å². The third-order valence-electron chi connectivity index (χ3n) is 2.17. The van der Waals surface area contributed by atoms with Crippen molar-refractivity contribution in [3.63, 3.8) is 0 Å². The van der Waals surface area contributed by atoms with Gasteiger partial charge in [-0.05, 0) is 13.0 Å². The van der Waals surface area contributed by atoms with Crippen LogP contribution >= 0.6 is 0 Å². The molecule has 0 amide bonds. The first-order chi connectivity index (χ1) is 7.19. The molecule has 82 valence electrons. The van der Waals surface area contributed by atoms with Gasteiger partial charge in [-0.1, -0.05) is 25.1 Å². The topological polar surface area (TPSA) is 35.5 Å². The van der Waals surface area contributed by atoms with E-state index in [2.05, 4.69) is 0 Å². The predicted octanol–water partition coefficient (Wildman–Crippen LogP) is 2.71. The molecule has 0 unspecified atom stereocenters. The fraction of sp³-hybridized carbons (Fsp3) is 0.417. The number of carbonyl (C=O) groups is 1. The van der Waals surface area contributed by atoms with E-state index >= 15 is 0 Å². The molecule has 0 N–H and O–H groups in total. The van der Waals surface area contributed by atoms with Gasteiger partial charge >= 0.3 is 5.97 Å². The Morgan fingerprint density at radius 3 is 2.67 bits per heavy atom. The molecule has 0 spiro atoms. The lowest BCUT2D eigenvalue weighted by Crippen LogP contribution is -2.08. The number of hydrogen-bond donors (Lipinski definition) is 0. The summed E-state index contributed by atoms with van der Waals surface area (Å²) < 4.78 is 10.4. The minimum Gasteiger partial charge on any atom is -0.496 e. The fourth-order valence-corrected chi connectivity index (χ4v) is 1.35. The summed E-state index contributed by atoms with van der Waals surface area (Å²) >= 11 is 0. The second-order valence-electron chi connectivity index (χ2n) is 3.23. The molecule has 1 atom stereocenters. The van der Waals surface area contributed by atoms with Crippen molar-refractivity contribution in [2.75, 3.05) is 7.11 Å². The second kappa shape index (κ2) is 5.39. The summed E-state index contributed by atoms with van der Waals surface area (Å²) in [7, 11) is 1.60. The number of carbonyl (C=O) groups excluding carboxylic acids is 1. The highest BCUT2D eigenvalue weighted by molar-refractivity contribution is 5.69. The predicted molar refractivity (Wildman–Crippen MR) is 57.8 cm³/mol. The number of esters is 1. The van der Waals surface area contributed by atoms with Crippen molar-refractivity contribution < 1.29 is 14.3 Å². The average Bonchev–Trinajstić information content (AvgIpc) is 2.28. The molecule has 3 heteroatoms. The molecule has 0 fully saturated rings. The molecule has 0 radical (unpaired) electrons. The Hall–Kier alpha value is -1.51. The minimum absolute atomic E-state index is 0.201. The molecule has 0 heterocycles. The third kappa shape index (κ3) is 2.98. The Balaban J connectivity index is 2.80. The van der Waals surface area contributed by atoms with Crippen LogP contribution in [-0.2, 0) is 9.53 Å². The van der Waals surface area contributed by atoms with Gasteiger partial charge in [-0.2, -0.15) is 0 Å². The molecule has 0 saturated carbocycles. The van der Waals surface area contributed by atoms with E-state index in [0.717, 1.165) is 11.3 Å². The van der Waals surface area contributed by atoms with Gasteiger partial charge in [0, 0.05) is 12.0 Å². The summed E-state index contributed by atoms with van der Waals surface area (Å²) in [4.78, 5) is 11.1. The highest BCUT2D eigenvalue weighted by atomic mass is 16.5. The van der Waals surface area contributed by atoms with Gasteiger partial charge in [-0.15, -0.1) is 0 Å². The van der Waals surface area contributed by atoms with E-state index in [1.54, 1.807) is 14.0 Å². The number of benzene rings is 1. The van der Waals surface area contributed by atoms with Crippen molar-refractivity contribution in [2.45, 2.75) is 26.4 Å². The lowest BCUT2D eigenvalue weighted by Gasteiger charge is -2.15. The molecule has 0 aliphatic heterocycles. The Bertz CT molecular complexity index is 333. The summed E-state index contributed by atoms with van der Waals surface area (Å²) in [5, 5.41) is 0. The first kappa shape index (κ1) is 11.6. The SMILES string of the molecule is CCC(=O)O[C@@H](C)c1ccccc1OC. The number of rotatable bonds is 4. The van der Waals surface area contributed by atoms with E-state index < -0.39 is 0 Å². The maximum absolute atomic E-state index is 11.1. The summed E-state index contributed by atoms with van der Waals surface area (Å²) in [6.07, 6.45) is 0.119. The zero-order chi connectivity index (χ0) is 11.3. The van der Waals surface area contributed by atoms with Crippen molar-refractivity contribution in [3.8, 4) is 5.75 Å². The Morgan fingerprint density at radius 1 is 1.40 bits per heavy atom. The number of para-hydroxylation sites is 1. The highest BCUT2D eigenvalue weighted by Gasteiger charge is 2.13. The molecule has 3 nitrogen and oxygen atoms in total. The van der Waals surface area contributed by atoms with Crippen molar-refractivity contribution in [1.82, 2.24) is 0 Å². The van der Waals surface area contributed by atoms with Crippen LogP contribution in [0, 0.1) is 0 Å². The van der Waals surface area contributed by atoms with Gasteiger partial charge in [0.25, 0.3) is 0 Å². The van der Waals surface area contributed by atoms with Crippen molar-refractivity contribution >= 4 is 5.97 Å². The van der Waals surface area contributed by atoms with Gasteiger partial charge in [0.05, 0.1) is 7.11 Å². The van der Waals surface area contributed by atoms with Crippen molar-refractivity contribution in [1.29, 1.82) is 0 Å². The monoisotopic (exact) mass is 208 g/mol. The van der Waals surface area contributed by atoms with Crippen LogP contribution in [0.25, 0.3) is 0 Å². The van der Waals surface area contributed by atoms with Gasteiger partial charge < -0.3 is 9.47 Å². The molecule has 0 bridgehead atoms. The largest absolute Gasteiger partial charge is 0.496 e. The van der Waals surface area contributed by atoms with Gasteiger partial charge in [0.15, 0.2) is 0 Å². The zero-order valence-corrected chi connectivity index (χ0v) is 9.32. The van der Waals surface area contributed by atoms with Crippen LogP contribution in [-0.4, -0.2) is 13.1 Å². The van der Waals surface area contributed by atoms with E-state index in [1.807, 2.05) is 31.2 Å². The Kier molecular flexibility index (Phi) is 4.16. The van der Waals surface area contributed by atoms with Crippen LogP contribution in [0.1, 0.15) is 31.9 Å². The van der Waals surface area contributed by atoms with Crippen LogP contribution in [0.3, 0.4) is 0 Å². The molecular weight excluding hydrogens is 192 g/mol.